The Kier molecular flexibility index (Phi) is 4.19. The molecular formula is C18H23N5O2. The van der Waals surface area contributed by atoms with Crippen LogP contribution >= 0.6 is 0 Å². The number of nitrogen functional groups attached to an aromatic ring is 1. The SMILES string of the molecule is Cc1cn(N=Cc2ccc(N3CCC4(CC3)OCCO4)cc2)c(N)n1. The van der Waals surface area contributed by atoms with E-state index in [0.29, 0.717) is 5.95 Å². The minimum atomic E-state index is -0.327. The van der Waals surface area contributed by atoms with Gasteiger partial charge in [0.05, 0.1) is 31.3 Å². The van der Waals surface area contributed by atoms with Crippen LogP contribution in [0.25, 0.3) is 0 Å². The first-order valence-electron chi connectivity index (χ1n) is 8.62. The minimum absolute atomic E-state index is 0.327. The normalized spacial score (nSPS) is 20.0. The number of piperidine rings is 1. The number of rotatable bonds is 3. The van der Waals surface area contributed by atoms with Gasteiger partial charge < -0.3 is 20.1 Å². The highest BCUT2D eigenvalue weighted by Gasteiger charge is 2.39. The van der Waals surface area contributed by atoms with Crippen LogP contribution in [0.3, 0.4) is 0 Å². The minimum Gasteiger partial charge on any atom is -0.371 e. The third-order valence-electron chi connectivity index (χ3n) is 4.76. The Morgan fingerprint density at radius 1 is 1.16 bits per heavy atom. The number of nitrogens with two attached hydrogens (primary N) is 1. The highest BCUT2D eigenvalue weighted by molar-refractivity contribution is 5.80. The summed E-state index contributed by atoms with van der Waals surface area (Å²) in [6.45, 7) is 5.21. The number of imidazole rings is 1. The van der Waals surface area contributed by atoms with Crippen LogP contribution in [-0.4, -0.2) is 48.0 Å². The fraction of sp³-hybridized carbons (Fsp3) is 0.444. The maximum Gasteiger partial charge on any atom is 0.221 e. The first kappa shape index (κ1) is 16.1. The topological polar surface area (TPSA) is 77.9 Å². The van der Waals surface area contributed by atoms with Gasteiger partial charge in [0, 0.05) is 31.6 Å². The summed E-state index contributed by atoms with van der Waals surface area (Å²) in [6.07, 6.45) is 5.41. The smallest absolute Gasteiger partial charge is 0.221 e. The molecule has 2 saturated heterocycles. The maximum atomic E-state index is 5.79. The van der Waals surface area contributed by atoms with E-state index in [2.05, 4.69) is 39.3 Å². The van der Waals surface area contributed by atoms with Crippen molar-refractivity contribution in [3.63, 3.8) is 0 Å². The monoisotopic (exact) mass is 341 g/mol. The zero-order chi connectivity index (χ0) is 17.3. The fourth-order valence-electron chi connectivity index (χ4n) is 3.39. The molecule has 7 heteroatoms. The van der Waals surface area contributed by atoms with Gasteiger partial charge in [-0.05, 0) is 24.6 Å². The predicted molar refractivity (Wildman–Crippen MR) is 96.9 cm³/mol. The number of hydrogen-bond acceptors (Lipinski definition) is 6. The summed E-state index contributed by atoms with van der Waals surface area (Å²) >= 11 is 0. The van der Waals surface area contributed by atoms with E-state index in [1.54, 1.807) is 17.1 Å². The van der Waals surface area contributed by atoms with Crippen molar-refractivity contribution in [2.75, 3.05) is 36.9 Å². The van der Waals surface area contributed by atoms with Gasteiger partial charge in [-0.2, -0.15) is 5.10 Å². The molecule has 0 radical (unpaired) electrons. The molecule has 0 bridgehead atoms. The summed E-state index contributed by atoms with van der Waals surface area (Å²) in [4.78, 5) is 6.50. The van der Waals surface area contributed by atoms with Crippen molar-refractivity contribution in [1.29, 1.82) is 0 Å². The molecule has 0 aliphatic carbocycles. The maximum absolute atomic E-state index is 5.79. The molecule has 3 heterocycles. The van der Waals surface area contributed by atoms with E-state index in [4.69, 9.17) is 15.2 Å². The van der Waals surface area contributed by atoms with Gasteiger partial charge in [0.25, 0.3) is 0 Å². The Labute approximate surface area is 147 Å². The molecule has 2 N–H and O–H groups in total. The van der Waals surface area contributed by atoms with Gasteiger partial charge in [0.1, 0.15) is 0 Å². The lowest BCUT2D eigenvalue weighted by molar-refractivity contribution is -0.169. The standard InChI is InChI=1S/C18H23N5O2/c1-14-13-23(17(19)21-14)20-12-15-2-4-16(5-3-15)22-8-6-18(7-9-22)24-10-11-25-18/h2-5,12-13H,6-11H2,1H3,(H2,19,21). The van der Waals surface area contributed by atoms with Gasteiger partial charge in [-0.3, -0.25) is 0 Å². The number of hydrogen-bond donors (Lipinski definition) is 1. The number of nitrogens with zero attached hydrogens (tertiary/aromatic N) is 4. The molecule has 2 fully saturated rings. The second kappa shape index (κ2) is 6.50. The van der Waals surface area contributed by atoms with Gasteiger partial charge in [-0.25, -0.2) is 9.66 Å². The van der Waals surface area contributed by atoms with Crippen LogP contribution in [0, 0.1) is 6.92 Å². The number of benzene rings is 1. The molecule has 2 aliphatic rings. The highest BCUT2D eigenvalue weighted by atomic mass is 16.7. The van der Waals surface area contributed by atoms with Crippen LogP contribution in [0.5, 0.6) is 0 Å². The average molecular weight is 341 g/mol. The summed E-state index contributed by atoms with van der Waals surface area (Å²) in [5, 5.41) is 4.34. The molecule has 1 aromatic heterocycles. The Balaban J connectivity index is 1.39. The highest BCUT2D eigenvalue weighted by Crippen LogP contribution is 2.33. The van der Waals surface area contributed by atoms with Crippen LogP contribution in [0.4, 0.5) is 11.6 Å². The van der Waals surface area contributed by atoms with E-state index in [9.17, 15) is 0 Å². The third kappa shape index (κ3) is 3.38. The van der Waals surface area contributed by atoms with Crippen molar-refractivity contribution >= 4 is 17.9 Å². The first-order chi connectivity index (χ1) is 12.1. The summed E-state index contributed by atoms with van der Waals surface area (Å²) in [5.74, 6) is 0.0651. The van der Waals surface area contributed by atoms with Crippen LogP contribution in [0.15, 0.2) is 35.6 Å². The van der Waals surface area contributed by atoms with Crippen molar-refractivity contribution in [2.45, 2.75) is 25.6 Å². The molecule has 1 aromatic carbocycles. The number of aromatic nitrogens is 2. The molecule has 4 rings (SSSR count). The van der Waals surface area contributed by atoms with Crippen molar-refractivity contribution in [3.8, 4) is 0 Å². The molecule has 2 aliphatic heterocycles. The molecule has 25 heavy (non-hydrogen) atoms. The Morgan fingerprint density at radius 3 is 2.44 bits per heavy atom. The fourth-order valence-corrected chi connectivity index (χ4v) is 3.39. The molecule has 0 amide bonds. The van der Waals surface area contributed by atoms with Crippen molar-refractivity contribution in [2.24, 2.45) is 5.10 Å². The molecule has 7 nitrogen and oxygen atoms in total. The average Bonchev–Trinajstić information content (AvgIpc) is 3.20. The molecular weight excluding hydrogens is 318 g/mol. The van der Waals surface area contributed by atoms with Crippen LogP contribution in [0.2, 0.25) is 0 Å². The Morgan fingerprint density at radius 2 is 1.84 bits per heavy atom. The van der Waals surface area contributed by atoms with E-state index in [0.717, 1.165) is 50.4 Å². The summed E-state index contributed by atoms with van der Waals surface area (Å²) in [6, 6.07) is 8.37. The second-order valence-corrected chi connectivity index (χ2v) is 6.52. The van der Waals surface area contributed by atoms with Gasteiger partial charge in [-0.15, -0.1) is 0 Å². The predicted octanol–water partition coefficient (Wildman–Crippen LogP) is 2.00. The van der Waals surface area contributed by atoms with Crippen LogP contribution in [-0.2, 0) is 9.47 Å². The summed E-state index contributed by atoms with van der Waals surface area (Å²) in [7, 11) is 0. The number of ether oxygens (including phenoxy) is 2. The van der Waals surface area contributed by atoms with E-state index in [1.807, 2.05) is 6.92 Å². The van der Waals surface area contributed by atoms with Gasteiger partial charge in [-0.1, -0.05) is 12.1 Å². The quantitative estimate of drug-likeness (QED) is 0.864. The lowest BCUT2D eigenvalue weighted by atomic mass is 10.0. The number of anilines is 2. The van der Waals surface area contributed by atoms with Crippen molar-refractivity contribution in [3.05, 3.63) is 41.7 Å². The Hall–Kier alpha value is -2.38. The van der Waals surface area contributed by atoms with Crippen LogP contribution < -0.4 is 10.6 Å². The largest absolute Gasteiger partial charge is 0.371 e. The van der Waals surface area contributed by atoms with Crippen LogP contribution in [0.1, 0.15) is 24.1 Å². The van der Waals surface area contributed by atoms with E-state index in [-0.39, 0.29) is 5.79 Å². The lowest BCUT2D eigenvalue weighted by Crippen LogP contribution is -2.45. The van der Waals surface area contributed by atoms with E-state index >= 15 is 0 Å². The zero-order valence-corrected chi connectivity index (χ0v) is 14.4. The van der Waals surface area contributed by atoms with E-state index < -0.39 is 0 Å². The van der Waals surface area contributed by atoms with Crippen molar-refractivity contribution < 1.29 is 9.47 Å². The molecule has 0 atom stereocenters. The van der Waals surface area contributed by atoms with Gasteiger partial charge in [0.15, 0.2) is 5.79 Å². The third-order valence-corrected chi connectivity index (χ3v) is 4.76. The van der Waals surface area contributed by atoms with E-state index in [1.165, 1.54) is 5.69 Å². The molecule has 1 spiro atoms. The molecule has 132 valence electrons. The number of aryl methyl sites for hydroxylation is 1. The summed E-state index contributed by atoms with van der Waals surface area (Å²) < 4.78 is 13.2. The van der Waals surface area contributed by atoms with Crippen molar-refractivity contribution in [1.82, 2.24) is 9.66 Å². The molecule has 0 saturated carbocycles. The summed E-state index contributed by atoms with van der Waals surface area (Å²) in [5.41, 5.74) is 8.87. The van der Waals surface area contributed by atoms with Gasteiger partial charge >= 0.3 is 0 Å². The first-order valence-corrected chi connectivity index (χ1v) is 8.62. The zero-order valence-electron chi connectivity index (χ0n) is 14.4. The second-order valence-electron chi connectivity index (χ2n) is 6.52. The molecule has 0 unspecified atom stereocenters. The molecule has 2 aromatic rings. The Bertz CT molecular complexity index is 752. The van der Waals surface area contributed by atoms with Gasteiger partial charge in [0.2, 0.25) is 5.95 Å². The lowest BCUT2D eigenvalue weighted by Gasteiger charge is -2.38.